The molecule has 0 atom stereocenters. The van der Waals surface area contributed by atoms with Crippen LogP contribution in [0.5, 0.6) is 0 Å². The fourth-order valence-corrected chi connectivity index (χ4v) is 4.08. The summed E-state index contributed by atoms with van der Waals surface area (Å²) in [6, 6.07) is 15.7. The van der Waals surface area contributed by atoms with Crippen molar-refractivity contribution in [1.29, 1.82) is 0 Å². The molecule has 0 aliphatic carbocycles. The Kier molecular flexibility index (Phi) is 7.86. The highest BCUT2D eigenvalue weighted by Gasteiger charge is 2.21. The average Bonchev–Trinajstić information content (AvgIpc) is 3.25. The molecule has 1 heterocycles. The van der Waals surface area contributed by atoms with Crippen molar-refractivity contribution in [1.82, 2.24) is 0 Å². The van der Waals surface area contributed by atoms with Gasteiger partial charge in [0.25, 0.3) is 0 Å². The smallest absolute Gasteiger partial charge is 0.338 e. The van der Waals surface area contributed by atoms with E-state index < -0.39 is 16.0 Å². The van der Waals surface area contributed by atoms with Crippen molar-refractivity contribution in [3.05, 3.63) is 88.3 Å². The van der Waals surface area contributed by atoms with Crippen LogP contribution in [0, 0.1) is 0 Å². The van der Waals surface area contributed by atoms with Crippen LogP contribution in [0.3, 0.4) is 0 Å². The summed E-state index contributed by atoms with van der Waals surface area (Å²) in [5, 5.41) is 5.17. The largest absolute Gasteiger partial charge is 0.469 e. The van der Waals surface area contributed by atoms with Crippen molar-refractivity contribution in [2.45, 2.75) is 24.3 Å². The standard InChI is InChI=1S/C22H22ClNO6S/c23-20-13-17(8-9-18-7-4-10-29-18)19(14-21(20)31(24,26)27)22(25)30-12-11-28-15-16-5-2-1-3-6-16/h1-7,10,13-14H,8-9,11-12,15H2,(H2,24,26,27). The molecule has 0 fully saturated rings. The van der Waals surface area contributed by atoms with E-state index in [0.29, 0.717) is 25.0 Å². The quantitative estimate of drug-likeness (QED) is 0.362. The highest BCUT2D eigenvalue weighted by Crippen LogP contribution is 2.26. The molecule has 7 nitrogen and oxygen atoms in total. The zero-order valence-electron chi connectivity index (χ0n) is 16.6. The van der Waals surface area contributed by atoms with Crippen molar-refractivity contribution >= 4 is 27.6 Å². The third-order valence-electron chi connectivity index (χ3n) is 4.48. The second-order valence-electron chi connectivity index (χ2n) is 6.74. The van der Waals surface area contributed by atoms with Crippen LogP contribution in [-0.2, 0) is 38.9 Å². The molecular weight excluding hydrogens is 442 g/mol. The van der Waals surface area contributed by atoms with E-state index in [1.54, 1.807) is 12.3 Å². The topological polar surface area (TPSA) is 109 Å². The highest BCUT2D eigenvalue weighted by molar-refractivity contribution is 7.89. The molecule has 1 aromatic heterocycles. The zero-order valence-corrected chi connectivity index (χ0v) is 18.2. The van der Waals surface area contributed by atoms with Crippen LogP contribution in [0.4, 0.5) is 0 Å². The SMILES string of the molecule is NS(=O)(=O)c1cc(C(=O)OCCOCc2ccccc2)c(CCc2ccco2)cc1Cl. The molecule has 164 valence electrons. The molecule has 0 unspecified atom stereocenters. The maximum absolute atomic E-state index is 12.7. The second-order valence-corrected chi connectivity index (χ2v) is 8.68. The molecule has 0 saturated heterocycles. The van der Waals surface area contributed by atoms with E-state index in [2.05, 4.69) is 0 Å². The molecule has 0 spiro atoms. The predicted octanol–water partition coefficient (Wildman–Crippen LogP) is 3.74. The normalized spacial score (nSPS) is 11.4. The van der Waals surface area contributed by atoms with E-state index in [4.69, 9.17) is 30.6 Å². The summed E-state index contributed by atoms with van der Waals surface area (Å²) in [6.07, 6.45) is 2.45. The van der Waals surface area contributed by atoms with Crippen molar-refractivity contribution < 1.29 is 27.1 Å². The summed E-state index contributed by atoms with van der Waals surface area (Å²) in [5.74, 6) is 0.0413. The number of nitrogens with two attached hydrogens (primary N) is 1. The van der Waals surface area contributed by atoms with Crippen LogP contribution in [0.2, 0.25) is 5.02 Å². The van der Waals surface area contributed by atoms with Crippen LogP contribution >= 0.6 is 11.6 Å². The van der Waals surface area contributed by atoms with Gasteiger partial charge in [0, 0.05) is 6.42 Å². The Morgan fingerprint density at radius 1 is 1.03 bits per heavy atom. The lowest BCUT2D eigenvalue weighted by Gasteiger charge is -2.13. The monoisotopic (exact) mass is 463 g/mol. The van der Waals surface area contributed by atoms with Gasteiger partial charge in [-0.05, 0) is 41.8 Å². The Balaban J connectivity index is 1.67. The summed E-state index contributed by atoms with van der Waals surface area (Å²) in [6.45, 7) is 0.595. The number of carbonyl (C=O) groups is 1. The number of aryl methyl sites for hydroxylation is 2. The van der Waals surface area contributed by atoms with E-state index in [1.165, 1.54) is 6.07 Å². The van der Waals surface area contributed by atoms with Gasteiger partial charge in [-0.25, -0.2) is 18.4 Å². The third-order valence-corrected chi connectivity index (χ3v) is 5.85. The molecule has 0 aliphatic rings. The van der Waals surface area contributed by atoms with Crippen molar-refractivity contribution in [3.63, 3.8) is 0 Å². The van der Waals surface area contributed by atoms with Gasteiger partial charge in [-0.15, -0.1) is 0 Å². The molecule has 0 amide bonds. The molecule has 9 heteroatoms. The van der Waals surface area contributed by atoms with Crippen LogP contribution in [0.1, 0.15) is 27.2 Å². The Labute approximate surface area is 185 Å². The summed E-state index contributed by atoms with van der Waals surface area (Å²) in [5.41, 5.74) is 1.62. The molecule has 0 saturated carbocycles. The first kappa shape index (κ1) is 23.0. The number of primary sulfonamides is 1. The van der Waals surface area contributed by atoms with Crippen LogP contribution < -0.4 is 5.14 Å². The number of benzene rings is 2. The van der Waals surface area contributed by atoms with Crippen LogP contribution in [0.25, 0.3) is 0 Å². The number of ether oxygens (including phenoxy) is 2. The summed E-state index contributed by atoms with van der Waals surface area (Å²) < 4.78 is 39.7. The Bertz CT molecular complexity index is 1110. The third kappa shape index (κ3) is 6.67. The van der Waals surface area contributed by atoms with Gasteiger partial charge in [-0.2, -0.15) is 0 Å². The molecule has 2 N–H and O–H groups in total. The number of furan rings is 1. The van der Waals surface area contributed by atoms with Crippen LogP contribution in [-0.4, -0.2) is 27.6 Å². The van der Waals surface area contributed by atoms with Gasteiger partial charge in [0.05, 0.1) is 30.1 Å². The van der Waals surface area contributed by atoms with Crippen LogP contribution in [0.15, 0.2) is 70.2 Å². The Morgan fingerprint density at radius 2 is 1.81 bits per heavy atom. The lowest BCUT2D eigenvalue weighted by atomic mass is 10.0. The maximum atomic E-state index is 12.7. The number of hydrogen-bond acceptors (Lipinski definition) is 6. The first-order valence-corrected chi connectivity index (χ1v) is 11.4. The highest BCUT2D eigenvalue weighted by atomic mass is 35.5. The second kappa shape index (κ2) is 10.6. The first-order chi connectivity index (χ1) is 14.8. The summed E-state index contributed by atoms with van der Waals surface area (Å²) in [7, 11) is -4.11. The van der Waals surface area contributed by atoms with Gasteiger partial charge in [0.15, 0.2) is 0 Å². The molecule has 0 aliphatic heterocycles. The van der Waals surface area contributed by atoms with Gasteiger partial charge < -0.3 is 13.9 Å². The van der Waals surface area contributed by atoms with Gasteiger partial charge >= 0.3 is 5.97 Å². The molecular formula is C22H22ClNO6S. The Hall–Kier alpha value is -2.65. The molecule has 31 heavy (non-hydrogen) atoms. The minimum Gasteiger partial charge on any atom is -0.469 e. The number of halogens is 1. The number of carbonyl (C=O) groups excluding carboxylic acids is 1. The number of rotatable bonds is 10. The van der Waals surface area contributed by atoms with Crippen molar-refractivity contribution in [3.8, 4) is 0 Å². The molecule has 3 rings (SSSR count). The molecule has 0 radical (unpaired) electrons. The van der Waals surface area contributed by atoms with E-state index >= 15 is 0 Å². The summed E-state index contributed by atoms with van der Waals surface area (Å²) >= 11 is 6.10. The predicted molar refractivity (Wildman–Crippen MR) is 115 cm³/mol. The number of hydrogen-bond donors (Lipinski definition) is 1. The first-order valence-electron chi connectivity index (χ1n) is 9.51. The van der Waals surface area contributed by atoms with E-state index in [0.717, 1.165) is 17.4 Å². The van der Waals surface area contributed by atoms with Gasteiger partial charge in [0.1, 0.15) is 17.3 Å². The lowest BCUT2D eigenvalue weighted by molar-refractivity contribution is 0.0287. The fraction of sp³-hybridized carbons (Fsp3) is 0.227. The maximum Gasteiger partial charge on any atom is 0.338 e. The molecule has 0 bridgehead atoms. The van der Waals surface area contributed by atoms with Gasteiger partial charge in [-0.1, -0.05) is 41.9 Å². The van der Waals surface area contributed by atoms with Gasteiger partial charge in [-0.3, -0.25) is 0 Å². The Morgan fingerprint density at radius 3 is 2.48 bits per heavy atom. The van der Waals surface area contributed by atoms with Crippen molar-refractivity contribution in [2.75, 3.05) is 13.2 Å². The molecule has 2 aromatic carbocycles. The van der Waals surface area contributed by atoms with Crippen molar-refractivity contribution in [2.24, 2.45) is 5.14 Å². The van der Waals surface area contributed by atoms with Gasteiger partial charge in [0.2, 0.25) is 10.0 Å². The van der Waals surface area contributed by atoms with E-state index in [-0.39, 0.29) is 28.7 Å². The number of sulfonamides is 1. The lowest BCUT2D eigenvalue weighted by Crippen LogP contribution is -2.17. The van der Waals surface area contributed by atoms with E-state index in [1.807, 2.05) is 36.4 Å². The zero-order chi connectivity index (χ0) is 22.3. The fourth-order valence-electron chi connectivity index (χ4n) is 2.96. The van der Waals surface area contributed by atoms with E-state index in [9.17, 15) is 13.2 Å². The number of esters is 1. The summed E-state index contributed by atoms with van der Waals surface area (Å²) in [4.78, 5) is 12.3. The molecule has 3 aromatic rings. The minimum atomic E-state index is -4.11. The average molecular weight is 464 g/mol. The minimum absolute atomic E-state index is 0.0105.